The molecule has 1 N–H and O–H groups in total. The van der Waals surface area contributed by atoms with E-state index in [-0.39, 0.29) is 5.97 Å². The molecule has 0 radical (unpaired) electrons. The third kappa shape index (κ3) is 9.26. The summed E-state index contributed by atoms with van der Waals surface area (Å²) in [7, 11) is 0. The number of unbranched alkanes of at least 4 members (excludes halogenated alkanes) is 1. The smallest absolute Gasteiger partial charge is 0.330 e. The molecule has 0 heterocycles. The third-order valence-electron chi connectivity index (χ3n) is 1.73. The summed E-state index contributed by atoms with van der Waals surface area (Å²) >= 11 is 0. The zero-order chi connectivity index (χ0) is 11.0. The maximum absolute atomic E-state index is 10.8. The molecule has 0 aromatic carbocycles. The van der Waals surface area contributed by atoms with Gasteiger partial charge in [0.05, 0.1) is 12.2 Å². The highest BCUT2D eigenvalue weighted by Crippen LogP contribution is 2.11. The van der Waals surface area contributed by atoms with Gasteiger partial charge in [0.25, 0.3) is 0 Å². The molecule has 14 heavy (non-hydrogen) atoms. The van der Waals surface area contributed by atoms with Gasteiger partial charge in [-0.25, -0.2) is 4.79 Å². The van der Waals surface area contributed by atoms with E-state index in [9.17, 15) is 9.90 Å². The molecule has 82 valence electrons. The van der Waals surface area contributed by atoms with Crippen LogP contribution in [0, 0.1) is 0 Å². The minimum Gasteiger partial charge on any atom is -0.463 e. The van der Waals surface area contributed by atoms with Crippen molar-refractivity contribution in [3.05, 3.63) is 12.2 Å². The lowest BCUT2D eigenvalue weighted by Crippen LogP contribution is -2.18. The highest BCUT2D eigenvalue weighted by Gasteiger charge is 2.11. The summed E-state index contributed by atoms with van der Waals surface area (Å²) in [6.45, 7) is 5.76. The Morgan fingerprint density at radius 1 is 1.43 bits per heavy atom. The average molecular weight is 200 g/mol. The quantitative estimate of drug-likeness (QED) is 0.405. The summed E-state index contributed by atoms with van der Waals surface area (Å²) in [5.74, 6) is -0.296. The lowest BCUT2D eigenvalue weighted by atomic mass is 10.0. The van der Waals surface area contributed by atoms with Gasteiger partial charge in [-0.3, -0.25) is 0 Å². The second-order valence-electron chi connectivity index (χ2n) is 3.94. The standard InChI is InChI=1S/C11H20O3/c1-4-7-10(12)14-9-6-5-8-11(2,3)13/h4,7,13H,5-6,8-9H2,1-3H3. The maximum atomic E-state index is 10.8. The Morgan fingerprint density at radius 2 is 2.07 bits per heavy atom. The Bertz CT molecular complexity index is 189. The van der Waals surface area contributed by atoms with Crippen molar-refractivity contribution in [1.82, 2.24) is 0 Å². The largest absolute Gasteiger partial charge is 0.463 e. The fourth-order valence-corrected chi connectivity index (χ4v) is 1.02. The van der Waals surface area contributed by atoms with Crippen LogP contribution in [0.3, 0.4) is 0 Å². The van der Waals surface area contributed by atoms with Crippen LogP contribution in [0.5, 0.6) is 0 Å². The fraction of sp³-hybridized carbons (Fsp3) is 0.727. The topological polar surface area (TPSA) is 46.5 Å². The lowest BCUT2D eigenvalue weighted by Gasteiger charge is -2.16. The number of aliphatic hydroxyl groups is 1. The molecule has 0 rings (SSSR count). The predicted octanol–water partition coefficient (Wildman–Crippen LogP) is 2.05. The first-order valence-electron chi connectivity index (χ1n) is 4.97. The Hall–Kier alpha value is -0.830. The van der Waals surface area contributed by atoms with Crippen LogP contribution in [0.15, 0.2) is 12.2 Å². The van der Waals surface area contributed by atoms with E-state index in [1.165, 1.54) is 6.08 Å². The van der Waals surface area contributed by atoms with Crippen molar-refractivity contribution in [3.8, 4) is 0 Å². The molecule has 0 fully saturated rings. The molecule has 0 aromatic rings. The highest BCUT2D eigenvalue weighted by atomic mass is 16.5. The van der Waals surface area contributed by atoms with E-state index < -0.39 is 5.60 Å². The second kappa shape index (κ2) is 6.60. The van der Waals surface area contributed by atoms with E-state index in [2.05, 4.69) is 0 Å². The van der Waals surface area contributed by atoms with Crippen molar-refractivity contribution < 1.29 is 14.6 Å². The monoisotopic (exact) mass is 200 g/mol. The first kappa shape index (κ1) is 13.2. The molecule has 0 bridgehead atoms. The first-order chi connectivity index (χ1) is 6.45. The molecule has 0 aliphatic heterocycles. The van der Waals surface area contributed by atoms with Crippen LogP contribution in [-0.2, 0) is 9.53 Å². The zero-order valence-corrected chi connectivity index (χ0v) is 9.25. The summed E-state index contributed by atoms with van der Waals surface area (Å²) in [5.41, 5.74) is -0.618. The molecule has 0 aliphatic carbocycles. The van der Waals surface area contributed by atoms with Crippen molar-refractivity contribution in [1.29, 1.82) is 0 Å². The normalized spacial score (nSPS) is 12.0. The number of carbonyl (C=O) groups is 1. The Morgan fingerprint density at radius 3 is 2.57 bits per heavy atom. The van der Waals surface area contributed by atoms with Gasteiger partial charge in [-0.05, 0) is 40.0 Å². The third-order valence-corrected chi connectivity index (χ3v) is 1.73. The number of esters is 1. The summed E-state index contributed by atoms with van der Waals surface area (Å²) in [6, 6.07) is 0. The Labute approximate surface area is 85.8 Å². The number of carbonyl (C=O) groups excluding carboxylic acids is 1. The zero-order valence-electron chi connectivity index (χ0n) is 9.25. The van der Waals surface area contributed by atoms with Gasteiger partial charge in [-0.1, -0.05) is 6.08 Å². The van der Waals surface area contributed by atoms with E-state index in [4.69, 9.17) is 4.74 Å². The molecule has 0 atom stereocenters. The van der Waals surface area contributed by atoms with Gasteiger partial charge >= 0.3 is 5.97 Å². The molecule has 3 heteroatoms. The van der Waals surface area contributed by atoms with Crippen LogP contribution in [0.25, 0.3) is 0 Å². The molecule has 0 amide bonds. The molecule has 0 unspecified atom stereocenters. The van der Waals surface area contributed by atoms with Crippen molar-refractivity contribution in [2.24, 2.45) is 0 Å². The van der Waals surface area contributed by atoms with Gasteiger partial charge in [-0.2, -0.15) is 0 Å². The minimum atomic E-state index is -0.618. The van der Waals surface area contributed by atoms with Gasteiger partial charge < -0.3 is 9.84 Å². The number of hydrogen-bond donors (Lipinski definition) is 1. The van der Waals surface area contributed by atoms with Crippen LogP contribution in [0.2, 0.25) is 0 Å². The number of rotatable bonds is 6. The summed E-state index contributed by atoms with van der Waals surface area (Å²) in [5, 5.41) is 9.39. The van der Waals surface area contributed by atoms with E-state index in [1.54, 1.807) is 26.8 Å². The predicted molar refractivity (Wildman–Crippen MR) is 55.9 cm³/mol. The first-order valence-corrected chi connectivity index (χ1v) is 4.97. The molecule has 0 spiro atoms. The maximum Gasteiger partial charge on any atom is 0.330 e. The van der Waals surface area contributed by atoms with Gasteiger partial charge in [0.15, 0.2) is 0 Å². The Kier molecular flexibility index (Phi) is 6.21. The number of hydrogen-bond acceptors (Lipinski definition) is 3. The van der Waals surface area contributed by atoms with Gasteiger partial charge in [0, 0.05) is 6.08 Å². The van der Waals surface area contributed by atoms with Gasteiger partial charge in [0.1, 0.15) is 0 Å². The molecule has 0 saturated carbocycles. The van der Waals surface area contributed by atoms with Crippen molar-refractivity contribution in [2.75, 3.05) is 6.61 Å². The van der Waals surface area contributed by atoms with Crippen molar-refractivity contribution >= 4 is 5.97 Å². The lowest BCUT2D eigenvalue weighted by molar-refractivity contribution is -0.137. The molecule has 0 aromatic heterocycles. The summed E-state index contributed by atoms with van der Waals surface area (Å²) < 4.78 is 4.89. The van der Waals surface area contributed by atoms with E-state index in [0.29, 0.717) is 6.61 Å². The summed E-state index contributed by atoms with van der Waals surface area (Å²) in [6.07, 6.45) is 5.45. The van der Waals surface area contributed by atoms with Crippen molar-refractivity contribution in [2.45, 2.75) is 45.6 Å². The SMILES string of the molecule is CC=CC(=O)OCCCCC(C)(C)O. The molecule has 3 nitrogen and oxygen atoms in total. The van der Waals surface area contributed by atoms with E-state index in [1.807, 2.05) is 0 Å². The number of allylic oxidation sites excluding steroid dienone is 1. The van der Waals surface area contributed by atoms with Gasteiger partial charge in [0.2, 0.25) is 0 Å². The second-order valence-corrected chi connectivity index (χ2v) is 3.94. The van der Waals surface area contributed by atoms with E-state index in [0.717, 1.165) is 19.3 Å². The molecule has 0 aliphatic rings. The highest BCUT2D eigenvalue weighted by molar-refractivity contribution is 5.81. The fourth-order valence-electron chi connectivity index (χ4n) is 1.02. The Balaban J connectivity index is 3.35. The average Bonchev–Trinajstić information content (AvgIpc) is 2.02. The van der Waals surface area contributed by atoms with Crippen molar-refractivity contribution in [3.63, 3.8) is 0 Å². The minimum absolute atomic E-state index is 0.296. The van der Waals surface area contributed by atoms with E-state index >= 15 is 0 Å². The number of ether oxygens (including phenoxy) is 1. The van der Waals surface area contributed by atoms with Crippen LogP contribution < -0.4 is 0 Å². The van der Waals surface area contributed by atoms with Crippen LogP contribution in [0.1, 0.15) is 40.0 Å². The van der Waals surface area contributed by atoms with Crippen LogP contribution >= 0.6 is 0 Å². The molecule has 0 saturated heterocycles. The molecular weight excluding hydrogens is 180 g/mol. The van der Waals surface area contributed by atoms with Crippen LogP contribution in [0.4, 0.5) is 0 Å². The van der Waals surface area contributed by atoms with Gasteiger partial charge in [-0.15, -0.1) is 0 Å². The summed E-state index contributed by atoms with van der Waals surface area (Å²) in [4.78, 5) is 10.8. The molecular formula is C11H20O3. The van der Waals surface area contributed by atoms with Crippen LogP contribution in [-0.4, -0.2) is 23.3 Å².